The monoisotopic (exact) mass is 206 g/mol. The lowest BCUT2D eigenvalue weighted by atomic mass is 10.2. The summed E-state index contributed by atoms with van der Waals surface area (Å²) in [6.07, 6.45) is 1.74. The normalized spacial score (nSPS) is 11.9. The third-order valence-corrected chi connectivity index (χ3v) is 2.68. The molecule has 0 amide bonds. The summed E-state index contributed by atoms with van der Waals surface area (Å²) in [5.41, 5.74) is 2.29. The Morgan fingerprint density at radius 2 is 1.86 bits per heavy atom. The van der Waals surface area contributed by atoms with Gasteiger partial charge in [-0.25, -0.2) is 0 Å². The fraction of sp³-hybridized carbons (Fsp3) is 0.273. The summed E-state index contributed by atoms with van der Waals surface area (Å²) in [5.74, 6) is 0.628. The number of hydrogen-bond donors (Lipinski definition) is 0. The van der Waals surface area contributed by atoms with Gasteiger partial charge in [-0.3, -0.25) is 0 Å². The first kappa shape index (κ1) is 9.34. The molecule has 0 unspecified atom stereocenters. The number of hydrogen-bond acceptors (Lipinski definition) is 2. The lowest BCUT2D eigenvalue weighted by Crippen LogP contribution is -2.29. The van der Waals surface area contributed by atoms with E-state index in [1.54, 1.807) is 6.26 Å². The smallest absolute Gasteiger partial charge is 0.270 e. The second-order valence-electron chi connectivity index (χ2n) is 4.35. The van der Waals surface area contributed by atoms with Crippen molar-refractivity contribution in [1.29, 1.82) is 0 Å². The van der Waals surface area contributed by atoms with Crippen molar-refractivity contribution < 1.29 is 8.84 Å². The standard InChI is InChI=1S/C11H14O2Si/c1-14(2,3)13-11-7-9-5-4-6-10(9)8-12-11/h4-8H,1-3H3. The van der Waals surface area contributed by atoms with Gasteiger partial charge in [-0.15, -0.1) is 0 Å². The quantitative estimate of drug-likeness (QED) is 0.700. The molecule has 0 fully saturated rings. The Balaban J connectivity index is 2.32. The summed E-state index contributed by atoms with van der Waals surface area (Å²) >= 11 is 0. The topological polar surface area (TPSA) is 22.4 Å². The summed E-state index contributed by atoms with van der Waals surface area (Å²) < 4.78 is 11.1. The molecule has 0 bridgehead atoms. The summed E-state index contributed by atoms with van der Waals surface area (Å²) in [6.45, 7) is 6.41. The zero-order valence-electron chi connectivity index (χ0n) is 8.70. The molecule has 3 heteroatoms. The second-order valence-corrected chi connectivity index (χ2v) is 8.78. The molecule has 74 valence electrons. The van der Waals surface area contributed by atoms with Crippen LogP contribution >= 0.6 is 0 Å². The number of fused-ring (bicyclic) bond motifs is 1. The molecule has 0 atom stereocenters. The van der Waals surface area contributed by atoms with Gasteiger partial charge in [0.15, 0.2) is 0 Å². The van der Waals surface area contributed by atoms with Crippen LogP contribution in [0.25, 0.3) is 11.1 Å². The maximum Gasteiger partial charge on any atom is 0.270 e. The van der Waals surface area contributed by atoms with E-state index in [1.807, 2.05) is 18.2 Å². The molecule has 0 aromatic rings. The van der Waals surface area contributed by atoms with Crippen LogP contribution in [0.3, 0.4) is 0 Å². The highest BCUT2D eigenvalue weighted by atomic mass is 28.4. The SMILES string of the molecule is C[Si](C)(C)Oc1cc2cccc-2co1. The van der Waals surface area contributed by atoms with Crippen molar-refractivity contribution in [3.05, 3.63) is 30.5 Å². The molecule has 2 nitrogen and oxygen atoms in total. The fourth-order valence-corrected chi connectivity index (χ4v) is 2.04. The molecule has 0 radical (unpaired) electrons. The van der Waals surface area contributed by atoms with Crippen LogP contribution in [0.4, 0.5) is 0 Å². The molecule has 0 aromatic heterocycles. The van der Waals surface area contributed by atoms with Crippen molar-refractivity contribution in [2.24, 2.45) is 0 Å². The lowest BCUT2D eigenvalue weighted by molar-refractivity contribution is 0.376. The molecule has 0 N–H and O–H groups in total. The highest BCUT2D eigenvalue weighted by Crippen LogP contribution is 2.28. The van der Waals surface area contributed by atoms with Gasteiger partial charge in [0.2, 0.25) is 8.32 Å². The highest BCUT2D eigenvalue weighted by Gasteiger charge is 2.18. The van der Waals surface area contributed by atoms with E-state index in [0.29, 0.717) is 5.95 Å². The zero-order chi connectivity index (χ0) is 10.2. The van der Waals surface area contributed by atoms with Gasteiger partial charge in [-0.05, 0) is 25.2 Å². The number of rotatable bonds is 2. The van der Waals surface area contributed by atoms with Gasteiger partial charge in [-0.1, -0.05) is 18.2 Å². The molecule has 1 heterocycles. The van der Waals surface area contributed by atoms with Gasteiger partial charge in [-0.2, -0.15) is 0 Å². The molecule has 14 heavy (non-hydrogen) atoms. The predicted molar refractivity (Wildman–Crippen MR) is 59.3 cm³/mol. The molecule has 0 saturated heterocycles. The van der Waals surface area contributed by atoms with Gasteiger partial charge in [0.25, 0.3) is 5.95 Å². The van der Waals surface area contributed by atoms with Crippen LogP contribution in [0.15, 0.2) is 34.9 Å². The molecule has 2 aliphatic rings. The fourth-order valence-electron chi connectivity index (χ4n) is 1.32. The summed E-state index contributed by atoms with van der Waals surface area (Å²) in [5, 5.41) is 0. The van der Waals surface area contributed by atoms with E-state index in [9.17, 15) is 0 Å². The van der Waals surface area contributed by atoms with Crippen LogP contribution in [0.1, 0.15) is 0 Å². The Bertz CT molecular complexity index is 400. The van der Waals surface area contributed by atoms with E-state index >= 15 is 0 Å². The van der Waals surface area contributed by atoms with E-state index in [1.165, 1.54) is 5.56 Å². The minimum atomic E-state index is -1.56. The lowest BCUT2D eigenvalue weighted by Gasteiger charge is -2.17. The highest BCUT2D eigenvalue weighted by molar-refractivity contribution is 6.70. The Morgan fingerprint density at radius 1 is 1.14 bits per heavy atom. The van der Waals surface area contributed by atoms with Crippen LogP contribution in [0.5, 0.6) is 5.95 Å². The molecule has 0 spiro atoms. The van der Waals surface area contributed by atoms with E-state index in [2.05, 4.69) is 25.7 Å². The minimum Gasteiger partial charge on any atom is -0.519 e. The first-order valence-corrected chi connectivity index (χ1v) is 8.12. The Labute approximate surface area is 85.0 Å². The maximum atomic E-state index is 5.75. The van der Waals surface area contributed by atoms with E-state index in [4.69, 9.17) is 8.84 Å². The molecule has 1 aliphatic heterocycles. The van der Waals surface area contributed by atoms with Crippen molar-refractivity contribution in [2.45, 2.75) is 19.6 Å². The molecule has 0 saturated carbocycles. The van der Waals surface area contributed by atoms with Gasteiger partial charge >= 0.3 is 0 Å². The largest absolute Gasteiger partial charge is 0.519 e. The van der Waals surface area contributed by atoms with Crippen LogP contribution in [0.2, 0.25) is 19.6 Å². The Kier molecular flexibility index (Phi) is 2.11. The maximum absolute atomic E-state index is 5.75. The van der Waals surface area contributed by atoms with Crippen LogP contribution < -0.4 is 4.43 Å². The first-order chi connectivity index (χ1) is 6.54. The predicted octanol–water partition coefficient (Wildman–Crippen LogP) is 3.60. The average molecular weight is 206 g/mol. The van der Waals surface area contributed by atoms with Crippen molar-refractivity contribution in [3.8, 4) is 17.1 Å². The molecule has 0 aromatic carbocycles. The third kappa shape index (κ3) is 1.99. The molecule has 1 aliphatic carbocycles. The minimum absolute atomic E-state index is 0.628. The average Bonchev–Trinajstić information content (AvgIpc) is 2.47. The van der Waals surface area contributed by atoms with Crippen LogP contribution in [-0.2, 0) is 0 Å². The Hall–Kier alpha value is -1.22. The van der Waals surface area contributed by atoms with E-state index in [0.717, 1.165) is 5.56 Å². The van der Waals surface area contributed by atoms with Crippen molar-refractivity contribution in [2.75, 3.05) is 0 Å². The molecule has 2 rings (SSSR count). The molecular weight excluding hydrogens is 192 g/mol. The van der Waals surface area contributed by atoms with E-state index < -0.39 is 8.32 Å². The molecular formula is C11H14O2Si. The van der Waals surface area contributed by atoms with Gasteiger partial charge in [0.05, 0.1) is 0 Å². The van der Waals surface area contributed by atoms with Crippen molar-refractivity contribution in [1.82, 2.24) is 0 Å². The van der Waals surface area contributed by atoms with Gasteiger partial charge in [0.1, 0.15) is 6.26 Å². The van der Waals surface area contributed by atoms with E-state index in [-0.39, 0.29) is 0 Å². The van der Waals surface area contributed by atoms with Gasteiger partial charge < -0.3 is 8.84 Å². The first-order valence-electron chi connectivity index (χ1n) is 4.71. The second kappa shape index (κ2) is 3.17. The van der Waals surface area contributed by atoms with Crippen molar-refractivity contribution in [3.63, 3.8) is 0 Å². The van der Waals surface area contributed by atoms with Crippen LogP contribution in [-0.4, -0.2) is 8.32 Å². The summed E-state index contributed by atoms with van der Waals surface area (Å²) in [6, 6.07) is 8.05. The zero-order valence-corrected chi connectivity index (χ0v) is 9.70. The van der Waals surface area contributed by atoms with Crippen LogP contribution in [0, 0.1) is 0 Å². The van der Waals surface area contributed by atoms with Crippen molar-refractivity contribution >= 4 is 8.32 Å². The van der Waals surface area contributed by atoms with Gasteiger partial charge in [0, 0.05) is 11.6 Å². The Morgan fingerprint density at radius 3 is 2.57 bits per heavy atom. The third-order valence-electron chi connectivity index (χ3n) is 1.87. The summed E-state index contributed by atoms with van der Waals surface area (Å²) in [4.78, 5) is 0. The summed E-state index contributed by atoms with van der Waals surface area (Å²) in [7, 11) is -1.56.